The molecule has 1 aromatic rings. The van der Waals surface area contributed by atoms with Gasteiger partial charge in [-0.25, -0.2) is 4.63 Å². The third kappa shape index (κ3) is 2.86. The van der Waals surface area contributed by atoms with Crippen LogP contribution < -0.4 is 5.73 Å². The van der Waals surface area contributed by atoms with E-state index in [2.05, 4.69) is 33.7 Å². The van der Waals surface area contributed by atoms with E-state index < -0.39 is 0 Å². The minimum atomic E-state index is -0.184. The largest absolute Gasteiger partial charge is 0.379 e. The van der Waals surface area contributed by atoms with Crippen molar-refractivity contribution < 1.29 is 9.42 Å². The van der Waals surface area contributed by atoms with Crippen LogP contribution in [0.25, 0.3) is 0 Å². The minimum absolute atomic E-state index is 0.0656. The molecule has 0 unspecified atom stereocenters. The van der Waals surface area contributed by atoms with Gasteiger partial charge in [0.1, 0.15) is 0 Å². The average Bonchev–Trinajstić information content (AvgIpc) is 2.86. The molecule has 1 aromatic heterocycles. The molecule has 1 aliphatic heterocycles. The van der Waals surface area contributed by atoms with E-state index in [0.29, 0.717) is 6.04 Å². The number of carbonyl (C=O) groups is 1. The lowest BCUT2D eigenvalue weighted by Gasteiger charge is -2.37. The third-order valence-corrected chi connectivity index (χ3v) is 3.80. The number of carbonyl (C=O) groups excluding carboxylic acids is 1. The maximum atomic E-state index is 12.2. The van der Waals surface area contributed by atoms with Gasteiger partial charge in [0.25, 0.3) is 5.91 Å². The Labute approximate surface area is 112 Å². The van der Waals surface area contributed by atoms with Crippen LogP contribution in [0.5, 0.6) is 0 Å². The Bertz CT molecular complexity index is 422. The number of anilines is 1. The smallest absolute Gasteiger partial charge is 0.280 e. The number of hydrogen-bond acceptors (Lipinski definition) is 6. The zero-order valence-electron chi connectivity index (χ0n) is 11.5. The Kier molecular flexibility index (Phi) is 4.36. The second-order valence-corrected chi connectivity index (χ2v) is 4.74. The van der Waals surface area contributed by atoms with Crippen molar-refractivity contribution in [3.63, 3.8) is 0 Å². The van der Waals surface area contributed by atoms with Crippen molar-refractivity contribution in [1.29, 1.82) is 0 Å². The molecule has 0 aromatic carbocycles. The standard InChI is InChI=1S/C12H21N5O2/c1-3-16(4-2)9-5-7-17(8-6-9)12(18)10-11(13)15-19-14-10/h9H,3-8H2,1-2H3,(H2,13,15). The highest BCUT2D eigenvalue weighted by molar-refractivity contribution is 5.96. The van der Waals surface area contributed by atoms with Gasteiger partial charge in [0.2, 0.25) is 11.5 Å². The first-order valence-corrected chi connectivity index (χ1v) is 6.78. The Morgan fingerprint density at radius 2 is 2.00 bits per heavy atom. The highest BCUT2D eigenvalue weighted by Crippen LogP contribution is 2.19. The van der Waals surface area contributed by atoms with Crippen molar-refractivity contribution in [3.8, 4) is 0 Å². The summed E-state index contributed by atoms with van der Waals surface area (Å²) in [5.74, 6) is -0.118. The molecule has 19 heavy (non-hydrogen) atoms. The van der Waals surface area contributed by atoms with E-state index in [1.807, 2.05) is 0 Å². The highest BCUT2D eigenvalue weighted by atomic mass is 16.6. The number of piperidine rings is 1. The molecule has 0 aliphatic carbocycles. The number of rotatable bonds is 4. The maximum Gasteiger partial charge on any atom is 0.280 e. The molecular formula is C12H21N5O2. The summed E-state index contributed by atoms with van der Waals surface area (Å²) < 4.78 is 4.47. The van der Waals surface area contributed by atoms with Crippen LogP contribution in [0, 0.1) is 0 Å². The number of aromatic nitrogens is 2. The lowest BCUT2D eigenvalue weighted by atomic mass is 10.0. The Balaban J connectivity index is 1.93. The maximum absolute atomic E-state index is 12.2. The van der Waals surface area contributed by atoms with Crippen LogP contribution >= 0.6 is 0 Å². The van der Waals surface area contributed by atoms with Gasteiger partial charge in [0, 0.05) is 19.1 Å². The average molecular weight is 267 g/mol. The van der Waals surface area contributed by atoms with E-state index in [1.165, 1.54) is 0 Å². The van der Waals surface area contributed by atoms with Crippen molar-refractivity contribution in [2.45, 2.75) is 32.7 Å². The fourth-order valence-corrected chi connectivity index (χ4v) is 2.67. The first-order chi connectivity index (χ1) is 9.17. The van der Waals surface area contributed by atoms with Crippen molar-refractivity contribution in [3.05, 3.63) is 5.69 Å². The van der Waals surface area contributed by atoms with Crippen molar-refractivity contribution in [2.75, 3.05) is 31.9 Å². The van der Waals surface area contributed by atoms with E-state index in [1.54, 1.807) is 4.90 Å². The van der Waals surface area contributed by atoms with E-state index in [-0.39, 0.29) is 17.4 Å². The third-order valence-electron chi connectivity index (χ3n) is 3.80. The summed E-state index contributed by atoms with van der Waals surface area (Å²) in [6.07, 6.45) is 1.97. The molecule has 2 rings (SSSR count). The molecule has 1 amide bonds. The normalized spacial score (nSPS) is 17.1. The van der Waals surface area contributed by atoms with Crippen LogP contribution in [0.4, 0.5) is 5.82 Å². The second kappa shape index (κ2) is 6.01. The number of likely N-dealkylation sites (tertiary alicyclic amines) is 1. The van der Waals surface area contributed by atoms with Crippen LogP contribution in [0.15, 0.2) is 4.63 Å². The predicted octanol–water partition coefficient (Wildman–Crippen LogP) is 0.598. The monoisotopic (exact) mass is 267 g/mol. The lowest BCUT2D eigenvalue weighted by molar-refractivity contribution is 0.0622. The fourth-order valence-electron chi connectivity index (χ4n) is 2.67. The van der Waals surface area contributed by atoms with E-state index in [4.69, 9.17) is 5.73 Å². The number of amides is 1. The van der Waals surface area contributed by atoms with Crippen molar-refractivity contribution in [2.24, 2.45) is 0 Å². The molecule has 1 fully saturated rings. The van der Waals surface area contributed by atoms with Crippen molar-refractivity contribution in [1.82, 2.24) is 20.1 Å². The second-order valence-electron chi connectivity index (χ2n) is 4.74. The first kappa shape index (κ1) is 13.8. The van der Waals surface area contributed by atoms with Crippen LogP contribution in [-0.2, 0) is 0 Å². The Morgan fingerprint density at radius 1 is 1.37 bits per heavy atom. The number of nitrogens with zero attached hydrogens (tertiary/aromatic N) is 4. The van der Waals surface area contributed by atoms with Gasteiger partial charge in [0.15, 0.2) is 0 Å². The molecule has 1 aliphatic rings. The number of nitrogens with two attached hydrogens (primary N) is 1. The van der Waals surface area contributed by atoms with Gasteiger partial charge in [-0.3, -0.25) is 4.79 Å². The number of nitrogen functional groups attached to an aromatic ring is 1. The summed E-state index contributed by atoms with van der Waals surface area (Å²) >= 11 is 0. The zero-order valence-corrected chi connectivity index (χ0v) is 11.5. The topological polar surface area (TPSA) is 88.5 Å². The summed E-state index contributed by atoms with van der Waals surface area (Å²) in [6.45, 7) is 7.90. The highest BCUT2D eigenvalue weighted by Gasteiger charge is 2.28. The van der Waals surface area contributed by atoms with E-state index >= 15 is 0 Å². The van der Waals surface area contributed by atoms with Gasteiger partial charge >= 0.3 is 0 Å². The predicted molar refractivity (Wildman–Crippen MR) is 70.6 cm³/mol. The summed E-state index contributed by atoms with van der Waals surface area (Å²) in [5.41, 5.74) is 5.67. The van der Waals surface area contributed by atoms with Gasteiger partial charge in [0.05, 0.1) is 0 Å². The van der Waals surface area contributed by atoms with Crippen LogP contribution in [0.2, 0.25) is 0 Å². The first-order valence-electron chi connectivity index (χ1n) is 6.78. The minimum Gasteiger partial charge on any atom is -0.379 e. The molecule has 7 heteroatoms. The molecule has 0 bridgehead atoms. The van der Waals surface area contributed by atoms with Gasteiger partial charge in [-0.1, -0.05) is 13.8 Å². The molecule has 0 spiro atoms. The number of hydrogen-bond donors (Lipinski definition) is 1. The summed E-state index contributed by atoms with van der Waals surface area (Å²) in [5, 5.41) is 7.00. The Morgan fingerprint density at radius 3 is 2.47 bits per heavy atom. The molecule has 2 N–H and O–H groups in total. The van der Waals surface area contributed by atoms with Crippen LogP contribution in [-0.4, -0.2) is 58.2 Å². The molecule has 106 valence electrons. The van der Waals surface area contributed by atoms with Gasteiger partial charge < -0.3 is 15.5 Å². The Hall–Kier alpha value is -1.63. The molecule has 2 heterocycles. The van der Waals surface area contributed by atoms with Crippen molar-refractivity contribution >= 4 is 11.7 Å². The lowest BCUT2D eigenvalue weighted by Crippen LogP contribution is -2.46. The zero-order chi connectivity index (χ0) is 13.8. The molecule has 7 nitrogen and oxygen atoms in total. The summed E-state index contributed by atoms with van der Waals surface area (Å²) in [4.78, 5) is 16.4. The molecule has 0 saturated carbocycles. The van der Waals surface area contributed by atoms with Gasteiger partial charge in [-0.2, -0.15) is 0 Å². The summed E-state index contributed by atoms with van der Waals surface area (Å²) in [7, 11) is 0. The summed E-state index contributed by atoms with van der Waals surface area (Å²) in [6, 6.07) is 0.562. The van der Waals surface area contributed by atoms with Crippen LogP contribution in [0.3, 0.4) is 0 Å². The molecule has 0 radical (unpaired) electrons. The van der Waals surface area contributed by atoms with Crippen LogP contribution in [0.1, 0.15) is 37.2 Å². The van der Waals surface area contributed by atoms with E-state index in [0.717, 1.165) is 39.0 Å². The van der Waals surface area contributed by atoms with Gasteiger partial charge in [-0.15, -0.1) is 0 Å². The molecule has 1 saturated heterocycles. The quantitative estimate of drug-likeness (QED) is 0.859. The van der Waals surface area contributed by atoms with Gasteiger partial charge in [-0.05, 0) is 36.2 Å². The van der Waals surface area contributed by atoms with E-state index in [9.17, 15) is 4.79 Å². The molecule has 0 atom stereocenters. The SMILES string of the molecule is CCN(CC)C1CCN(C(=O)c2nonc2N)CC1. The fraction of sp³-hybridized carbons (Fsp3) is 0.750. The molecular weight excluding hydrogens is 246 g/mol.